The number of nitrogens with zero attached hydrogens (tertiary/aromatic N) is 1. The van der Waals surface area contributed by atoms with Gasteiger partial charge in [0.1, 0.15) is 0 Å². The van der Waals surface area contributed by atoms with Gasteiger partial charge in [0.2, 0.25) is 0 Å². The van der Waals surface area contributed by atoms with Crippen molar-refractivity contribution in [3.05, 3.63) is 28.2 Å². The van der Waals surface area contributed by atoms with Crippen molar-refractivity contribution < 1.29 is 9.84 Å². The van der Waals surface area contributed by atoms with Crippen LogP contribution in [0.25, 0.3) is 0 Å². The molecule has 3 nitrogen and oxygen atoms in total. The van der Waals surface area contributed by atoms with Crippen molar-refractivity contribution >= 4 is 21.6 Å². The fraction of sp³-hybridized carbons (Fsp3) is 0.571. The van der Waals surface area contributed by atoms with Crippen LogP contribution in [-0.2, 0) is 4.74 Å². The summed E-state index contributed by atoms with van der Waals surface area (Å²) in [5.41, 5.74) is 2.15. The highest BCUT2D eigenvalue weighted by Crippen LogP contribution is 2.30. The first kappa shape index (κ1) is 13.8. The molecule has 1 aromatic carbocycles. The highest BCUT2D eigenvalue weighted by molar-refractivity contribution is 9.10. The molecular weight excluding hydrogens is 294 g/mol. The molecule has 1 aliphatic rings. The second kappa shape index (κ2) is 6.04. The number of methoxy groups -OCH3 is 1. The Labute approximate surface area is 117 Å². The van der Waals surface area contributed by atoms with Gasteiger partial charge in [-0.3, -0.25) is 0 Å². The van der Waals surface area contributed by atoms with Gasteiger partial charge in [-0.15, -0.1) is 0 Å². The number of aliphatic hydroxyl groups excluding tert-OH is 1. The maximum atomic E-state index is 9.61. The molecule has 0 spiro atoms. The van der Waals surface area contributed by atoms with E-state index in [1.807, 2.05) is 6.07 Å². The lowest BCUT2D eigenvalue weighted by molar-refractivity contribution is 0.161. The molecule has 0 aromatic heterocycles. The molecule has 1 N–H and O–H groups in total. The fourth-order valence-electron chi connectivity index (χ4n) is 2.49. The van der Waals surface area contributed by atoms with Crippen LogP contribution < -0.4 is 4.90 Å². The predicted octanol–water partition coefficient (Wildman–Crippen LogP) is 2.98. The van der Waals surface area contributed by atoms with Crippen molar-refractivity contribution in [1.29, 1.82) is 0 Å². The zero-order valence-electron chi connectivity index (χ0n) is 10.9. The summed E-state index contributed by atoms with van der Waals surface area (Å²) < 4.78 is 6.19. The lowest BCUT2D eigenvalue weighted by Crippen LogP contribution is -2.21. The SMILES string of the molecule is COCC1CCN(c2ccc([C@H](C)O)c(Br)c2)C1. The maximum Gasteiger partial charge on any atom is 0.0772 e. The fourth-order valence-corrected chi connectivity index (χ4v) is 3.19. The monoisotopic (exact) mass is 313 g/mol. The van der Waals surface area contributed by atoms with Crippen molar-refractivity contribution in [2.45, 2.75) is 19.4 Å². The molecule has 4 heteroatoms. The Bertz CT molecular complexity index is 409. The van der Waals surface area contributed by atoms with Gasteiger partial charge in [0.25, 0.3) is 0 Å². The second-order valence-electron chi connectivity index (χ2n) is 4.94. The quantitative estimate of drug-likeness (QED) is 0.927. The van der Waals surface area contributed by atoms with E-state index in [-0.39, 0.29) is 0 Å². The summed E-state index contributed by atoms with van der Waals surface area (Å²) in [7, 11) is 1.76. The summed E-state index contributed by atoms with van der Waals surface area (Å²) in [4.78, 5) is 2.38. The van der Waals surface area contributed by atoms with Crippen LogP contribution in [0.2, 0.25) is 0 Å². The van der Waals surface area contributed by atoms with Gasteiger partial charge in [-0.05, 0) is 31.0 Å². The summed E-state index contributed by atoms with van der Waals surface area (Å²) >= 11 is 3.53. The number of hydrogen-bond donors (Lipinski definition) is 1. The molecule has 2 rings (SSSR count). The molecule has 0 aliphatic carbocycles. The van der Waals surface area contributed by atoms with Gasteiger partial charge >= 0.3 is 0 Å². The molecule has 1 unspecified atom stereocenters. The number of halogens is 1. The van der Waals surface area contributed by atoms with Gasteiger partial charge in [-0.25, -0.2) is 0 Å². The Morgan fingerprint density at radius 1 is 1.56 bits per heavy atom. The summed E-state index contributed by atoms with van der Waals surface area (Å²) in [6, 6.07) is 6.17. The first-order valence-corrected chi connectivity index (χ1v) is 7.12. The molecule has 0 bridgehead atoms. The zero-order chi connectivity index (χ0) is 13.1. The molecule has 1 aromatic rings. The Morgan fingerprint density at radius 3 is 2.94 bits per heavy atom. The summed E-state index contributed by atoms with van der Waals surface area (Å²) in [6.45, 7) is 4.75. The highest BCUT2D eigenvalue weighted by Gasteiger charge is 2.23. The number of anilines is 1. The van der Waals surface area contributed by atoms with Gasteiger partial charge < -0.3 is 14.7 Å². The third-order valence-electron chi connectivity index (χ3n) is 3.49. The summed E-state index contributed by atoms with van der Waals surface area (Å²) in [6.07, 6.45) is 0.747. The van der Waals surface area contributed by atoms with Gasteiger partial charge in [0.05, 0.1) is 12.7 Å². The minimum Gasteiger partial charge on any atom is -0.389 e. The molecule has 18 heavy (non-hydrogen) atoms. The molecule has 0 amide bonds. The first-order valence-electron chi connectivity index (χ1n) is 6.33. The Hall–Kier alpha value is -0.580. The van der Waals surface area contributed by atoms with Crippen LogP contribution in [0.3, 0.4) is 0 Å². The van der Waals surface area contributed by atoms with E-state index >= 15 is 0 Å². The van der Waals surface area contributed by atoms with Gasteiger partial charge in [0, 0.05) is 36.3 Å². The number of benzene rings is 1. The summed E-state index contributed by atoms with van der Waals surface area (Å²) in [5.74, 6) is 0.630. The van der Waals surface area contributed by atoms with Crippen LogP contribution in [0, 0.1) is 5.92 Å². The van der Waals surface area contributed by atoms with Crippen LogP contribution in [0.4, 0.5) is 5.69 Å². The minimum atomic E-state index is -0.437. The molecular formula is C14H20BrNO2. The maximum absolute atomic E-state index is 9.61. The smallest absolute Gasteiger partial charge is 0.0772 e. The average Bonchev–Trinajstić information content (AvgIpc) is 2.77. The van der Waals surface area contributed by atoms with Crippen LogP contribution in [-0.4, -0.2) is 31.9 Å². The third-order valence-corrected chi connectivity index (χ3v) is 4.17. The minimum absolute atomic E-state index is 0.437. The zero-order valence-corrected chi connectivity index (χ0v) is 12.5. The van der Waals surface area contributed by atoms with E-state index in [4.69, 9.17) is 4.74 Å². The molecule has 2 atom stereocenters. The normalized spacial score (nSPS) is 21.3. The van der Waals surface area contributed by atoms with Crippen molar-refractivity contribution in [3.63, 3.8) is 0 Å². The van der Waals surface area contributed by atoms with Crippen molar-refractivity contribution in [2.24, 2.45) is 5.92 Å². The Balaban J connectivity index is 2.09. The van der Waals surface area contributed by atoms with E-state index in [9.17, 15) is 5.11 Å². The van der Waals surface area contributed by atoms with Gasteiger partial charge in [-0.1, -0.05) is 22.0 Å². The average molecular weight is 314 g/mol. The number of ether oxygens (including phenoxy) is 1. The third kappa shape index (κ3) is 3.05. The molecule has 1 saturated heterocycles. The topological polar surface area (TPSA) is 32.7 Å². The largest absolute Gasteiger partial charge is 0.389 e. The number of aliphatic hydroxyl groups is 1. The van der Waals surface area contributed by atoms with Crippen LogP contribution in [0.15, 0.2) is 22.7 Å². The Kier molecular flexibility index (Phi) is 4.65. The lowest BCUT2D eigenvalue weighted by atomic mass is 10.1. The number of rotatable bonds is 4. The van der Waals surface area contributed by atoms with E-state index in [0.29, 0.717) is 5.92 Å². The van der Waals surface area contributed by atoms with Crippen LogP contribution in [0.5, 0.6) is 0 Å². The van der Waals surface area contributed by atoms with Crippen molar-refractivity contribution in [1.82, 2.24) is 0 Å². The highest BCUT2D eigenvalue weighted by atomic mass is 79.9. The number of hydrogen-bond acceptors (Lipinski definition) is 3. The van der Waals surface area contributed by atoms with E-state index in [2.05, 4.69) is 33.0 Å². The van der Waals surface area contributed by atoms with E-state index in [0.717, 1.165) is 29.7 Å². The molecule has 1 fully saturated rings. The van der Waals surface area contributed by atoms with Gasteiger partial charge in [-0.2, -0.15) is 0 Å². The molecule has 1 aliphatic heterocycles. The standard InChI is InChI=1S/C14H20BrNO2/c1-10(17)13-4-3-12(7-14(13)15)16-6-5-11(8-16)9-18-2/h3-4,7,10-11,17H,5-6,8-9H2,1-2H3/t10-,11?/m0/s1. The molecule has 1 heterocycles. The first-order chi connectivity index (χ1) is 8.61. The van der Waals surface area contributed by atoms with Gasteiger partial charge in [0.15, 0.2) is 0 Å². The van der Waals surface area contributed by atoms with E-state index < -0.39 is 6.10 Å². The van der Waals surface area contributed by atoms with Crippen molar-refractivity contribution in [3.8, 4) is 0 Å². The molecule has 0 radical (unpaired) electrons. The molecule has 100 valence electrons. The predicted molar refractivity (Wildman–Crippen MR) is 77.0 cm³/mol. The van der Waals surface area contributed by atoms with E-state index in [1.165, 1.54) is 12.1 Å². The van der Waals surface area contributed by atoms with Crippen LogP contribution in [0.1, 0.15) is 25.0 Å². The van der Waals surface area contributed by atoms with E-state index in [1.54, 1.807) is 14.0 Å². The molecule has 0 saturated carbocycles. The second-order valence-corrected chi connectivity index (χ2v) is 5.79. The lowest BCUT2D eigenvalue weighted by Gasteiger charge is -2.20. The Morgan fingerprint density at radius 2 is 2.33 bits per heavy atom. The van der Waals surface area contributed by atoms with Crippen molar-refractivity contribution in [2.75, 3.05) is 31.7 Å². The van der Waals surface area contributed by atoms with Crippen LogP contribution >= 0.6 is 15.9 Å². The summed E-state index contributed by atoms with van der Waals surface area (Å²) in [5, 5.41) is 9.61.